The van der Waals surface area contributed by atoms with Crippen molar-refractivity contribution in [2.24, 2.45) is 0 Å². The fourth-order valence-electron chi connectivity index (χ4n) is 5.28. The number of piperidine rings is 2. The van der Waals surface area contributed by atoms with Crippen molar-refractivity contribution < 1.29 is 18.6 Å². The summed E-state index contributed by atoms with van der Waals surface area (Å²) >= 11 is 0. The van der Waals surface area contributed by atoms with E-state index < -0.39 is 0 Å². The van der Waals surface area contributed by atoms with Crippen LogP contribution in [-0.4, -0.2) is 61.1 Å². The summed E-state index contributed by atoms with van der Waals surface area (Å²) in [6.45, 7) is 3.90. The zero-order chi connectivity index (χ0) is 22.6. The van der Waals surface area contributed by atoms with E-state index in [1.807, 2.05) is 0 Å². The summed E-state index contributed by atoms with van der Waals surface area (Å²) in [5.74, 6) is 0.660. The quantitative estimate of drug-likeness (QED) is 0.636. The highest BCUT2D eigenvalue weighted by Crippen LogP contribution is 2.24. The Hall–Kier alpha value is -2.30. The molecule has 32 heavy (non-hydrogen) atoms. The van der Waals surface area contributed by atoms with Gasteiger partial charge in [0.2, 0.25) is 0 Å². The summed E-state index contributed by atoms with van der Waals surface area (Å²) in [4.78, 5) is 25.7. The standard InChI is InChI=1S/C28H38N2O2/c1-29(17-5-3-6-18-29)27(31)21-23-9-13-25(14-10-23)26-15-11-24(12-16-26)22-28(32)30(2)19-7-4-8-20-30/h9-16H,3-8,17-22H2,1-2H3/q+2. The number of hydrogen-bond donors (Lipinski definition) is 0. The van der Waals surface area contributed by atoms with Crippen molar-refractivity contribution in [3.63, 3.8) is 0 Å². The van der Waals surface area contributed by atoms with Crippen molar-refractivity contribution in [3.05, 3.63) is 59.7 Å². The van der Waals surface area contributed by atoms with E-state index >= 15 is 0 Å². The van der Waals surface area contributed by atoms with Crippen molar-refractivity contribution in [1.82, 2.24) is 0 Å². The van der Waals surface area contributed by atoms with Gasteiger partial charge in [0.1, 0.15) is 0 Å². The van der Waals surface area contributed by atoms with Crippen LogP contribution >= 0.6 is 0 Å². The van der Waals surface area contributed by atoms with Crippen LogP contribution in [-0.2, 0) is 22.4 Å². The highest BCUT2D eigenvalue weighted by Gasteiger charge is 2.34. The third-order valence-corrected chi connectivity index (χ3v) is 7.76. The van der Waals surface area contributed by atoms with Crippen LogP contribution in [0.15, 0.2) is 48.5 Å². The fourth-order valence-corrected chi connectivity index (χ4v) is 5.28. The largest absolute Gasteiger partial charge is 0.317 e. The van der Waals surface area contributed by atoms with Gasteiger partial charge >= 0.3 is 11.8 Å². The second kappa shape index (κ2) is 9.68. The van der Waals surface area contributed by atoms with Crippen LogP contribution in [0.25, 0.3) is 11.1 Å². The molecule has 0 radical (unpaired) electrons. The molecule has 0 N–H and O–H groups in total. The van der Waals surface area contributed by atoms with Gasteiger partial charge in [-0.25, -0.2) is 9.59 Å². The smallest absolute Gasteiger partial charge is 0.263 e. The monoisotopic (exact) mass is 434 g/mol. The maximum absolute atomic E-state index is 12.9. The van der Waals surface area contributed by atoms with Crippen LogP contribution in [0.1, 0.15) is 49.7 Å². The summed E-state index contributed by atoms with van der Waals surface area (Å²) in [5.41, 5.74) is 4.47. The van der Waals surface area contributed by atoms with Crippen LogP contribution in [0.4, 0.5) is 0 Å². The molecule has 0 aromatic heterocycles. The minimum atomic E-state index is 0.330. The Kier molecular flexibility index (Phi) is 6.92. The summed E-state index contributed by atoms with van der Waals surface area (Å²) in [7, 11) is 4.19. The van der Waals surface area contributed by atoms with Gasteiger partial charge in [-0.3, -0.25) is 8.97 Å². The molecule has 2 aromatic carbocycles. The Morgan fingerprint density at radius 3 is 1.19 bits per heavy atom. The molecule has 4 heteroatoms. The first kappa shape index (κ1) is 22.9. The van der Waals surface area contributed by atoms with E-state index in [1.165, 1.54) is 12.8 Å². The molecular formula is C28H38N2O2+2. The zero-order valence-corrected chi connectivity index (χ0v) is 19.8. The molecule has 0 aliphatic carbocycles. The molecule has 2 aromatic rings. The molecule has 170 valence electrons. The second-order valence-electron chi connectivity index (χ2n) is 10.3. The Morgan fingerprint density at radius 1 is 0.562 bits per heavy atom. The molecule has 0 unspecified atom stereocenters. The topological polar surface area (TPSA) is 34.1 Å². The van der Waals surface area contributed by atoms with Gasteiger partial charge in [0.15, 0.2) is 0 Å². The van der Waals surface area contributed by atoms with E-state index in [9.17, 15) is 9.59 Å². The number of hydrogen-bond acceptors (Lipinski definition) is 2. The van der Waals surface area contributed by atoms with Gasteiger partial charge in [-0.05, 0) is 60.8 Å². The van der Waals surface area contributed by atoms with Crippen molar-refractivity contribution in [2.45, 2.75) is 51.4 Å². The molecule has 2 aliphatic rings. The first-order valence-corrected chi connectivity index (χ1v) is 12.3. The first-order valence-electron chi connectivity index (χ1n) is 12.3. The summed E-state index contributed by atoms with van der Waals surface area (Å²) in [5, 5.41) is 0. The van der Waals surface area contributed by atoms with Gasteiger partial charge < -0.3 is 0 Å². The van der Waals surface area contributed by atoms with E-state index in [0.29, 0.717) is 33.6 Å². The van der Waals surface area contributed by atoms with Gasteiger partial charge in [-0.2, -0.15) is 0 Å². The van der Waals surface area contributed by atoms with Crippen LogP contribution < -0.4 is 0 Å². The number of carbonyl (C=O) groups excluding carboxylic acids is 2. The van der Waals surface area contributed by atoms with E-state index in [4.69, 9.17) is 0 Å². The SMILES string of the molecule is C[N+]1(C(=O)Cc2ccc(-c3ccc(CC(=O)[N+]4(C)CCCCC4)cc3)cc2)CCCCC1. The fraction of sp³-hybridized carbons (Fsp3) is 0.500. The average molecular weight is 435 g/mol. The number of benzene rings is 2. The first-order chi connectivity index (χ1) is 15.4. The number of likely N-dealkylation sites (tertiary alicyclic amines) is 2. The van der Waals surface area contributed by atoms with Crippen LogP contribution in [0.3, 0.4) is 0 Å². The lowest BCUT2D eigenvalue weighted by molar-refractivity contribution is -0.839. The number of nitrogens with zero attached hydrogens (tertiary/aromatic N) is 2. The maximum atomic E-state index is 12.9. The zero-order valence-electron chi connectivity index (χ0n) is 19.8. The lowest BCUT2D eigenvalue weighted by Gasteiger charge is -2.35. The Balaban J connectivity index is 1.37. The maximum Gasteiger partial charge on any atom is 0.317 e. The molecule has 0 spiro atoms. The molecule has 2 aliphatic heterocycles. The van der Waals surface area contributed by atoms with Gasteiger partial charge in [-0.1, -0.05) is 48.5 Å². The van der Waals surface area contributed by atoms with Crippen LogP contribution in [0.5, 0.6) is 0 Å². The molecule has 2 amide bonds. The van der Waals surface area contributed by atoms with E-state index in [1.54, 1.807) is 0 Å². The third-order valence-electron chi connectivity index (χ3n) is 7.76. The number of likely N-dealkylation sites (N-methyl/N-ethyl adjacent to an activating group) is 2. The third kappa shape index (κ3) is 5.19. The molecule has 0 saturated carbocycles. The summed E-state index contributed by atoms with van der Waals surface area (Å²) in [6, 6.07) is 16.8. The molecule has 2 saturated heterocycles. The lowest BCUT2D eigenvalue weighted by Crippen LogP contribution is -2.53. The van der Waals surface area contributed by atoms with Gasteiger partial charge in [-0.15, -0.1) is 0 Å². The van der Waals surface area contributed by atoms with Crippen molar-refractivity contribution >= 4 is 11.8 Å². The van der Waals surface area contributed by atoms with Crippen molar-refractivity contribution in [3.8, 4) is 11.1 Å². The Morgan fingerprint density at radius 2 is 0.875 bits per heavy atom. The number of carbonyl (C=O) groups is 2. The van der Waals surface area contributed by atoms with E-state index in [-0.39, 0.29) is 0 Å². The predicted octanol–water partition coefficient (Wildman–Crippen LogP) is 4.75. The second-order valence-corrected chi connectivity index (χ2v) is 10.3. The molecule has 4 nitrogen and oxygen atoms in total. The predicted molar refractivity (Wildman–Crippen MR) is 129 cm³/mol. The molecule has 0 atom stereocenters. The lowest BCUT2D eigenvalue weighted by atomic mass is 9.99. The normalized spacial score (nSPS) is 19.9. The molecule has 4 rings (SSSR count). The van der Waals surface area contributed by atoms with Crippen molar-refractivity contribution in [1.29, 1.82) is 0 Å². The average Bonchev–Trinajstić information content (AvgIpc) is 2.81. The van der Waals surface area contributed by atoms with Gasteiger partial charge in [0, 0.05) is 0 Å². The Bertz CT molecular complexity index is 855. The molecule has 0 bridgehead atoms. The van der Waals surface area contributed by atoms with E-state index in [0.717, 1.165) is 74.1 Å². The summed E-state index contributed by atoms with van der Waals surface area (Å²) in [6.07, 6.45) is 8.14. The minimum Gasteiger partial charge on any atom is -0.263 e. The highest BCUT2D eigenvalue weighted by atomic mass is 16.2. The van der Waals surface area contributed by atoms with Crippen molar-refractivity contribution in [2.75, 3.05) is 40.3 Å². The molecule has 2 heterocycles. The van der Waals surface area contributed by atoms with Gasteiger partial charge in [0.05, 0.1) is 53.1 Å². The van der Waals surface area contributed by atoms with E-state index in [2.05, 4.69) is 62.6 Å². The number of rotatable bonds is 5. The number of quaternary nitrogens is 2. The highest BCUT2D eigenvalue weighted by molar-refractivity contribution is 5.74. The number of amides is 2. The Labute approximate surface area is 193 Å². The molecular weight excluding hydrogens is 396 g/mol. The van der Waals surface area contributed by atoms with Crippen LogP contribution in [0.2, 0.25) is 0 Å². The minimum absolute atomic E-state index is 0.330. The summed E-state index contributed by atoms with van der Waals surface area (Å²) < 4.78 is 1.17. The molecule has 2 fully saturated rings. The van der Waals surface area contributed by atoms with Gasteiger partial charge in [0.25, 0.3) is 0 Å². The van der Waals surface area contributed by atoms with Crippen LogP contribution in [0, 0.1) is 0 Å².